The molecule has 11 aromatic rings. The van der Waals surface area contributed by atoms with Gasteiger partial charge in [0.1, 0.15) is 0 Å². The van der Waals surface area contributed by atoms with Crippen molar-refractivity contribution in [2.24, 2.45) is 0 Å². The highest BCUT2D eigenvalue weighted by molar-refractivity contribution is 7.26. The molecule has 0 saturated carbocycles. The van der Waals surface area contributed by atoms with E-state index >= 15 is 0 Å². The van der Waals surface area contributed by atoms with Crippen LogP contribution in [0.15, 0.2) is 212 Å². The van der Waals surface area contributed by atoms with Gasteiger partial charge in [0, 0.05) is 47.0 Å². The molecule has 1 aliphatic carbocycles. The fourth-order valence-electron chi connectivity index (χ4n) is 9.64. The summed E-state index contributed by atoms with van der Waals surface area (Å²) in [5, 5.41) is 5.15. The van der Waals surface area contributed by atoms with Crippen LogP contribution in [0.2, 0.25) is 0 Å². The zero-order valence-corrected chi connectivity index (χ0v) is 33.1. The van der Waals surface area contributed by atoms with Gasteiger partial charge in [-0.25, -0.2) is 0 Å². The van der Waals surface area contributed by atoms with E-state index in [2.05, 4.69) is 217 Å². The minimum Gasteiger partial charge on any atom is -0.309 e. The van der Waals surface area contributed by atoms with E-state index in [0.717, 1.165) is 11.4 Å². The zero-order valence-electron chi connectivity index (χ0n) is 31.5. The Labute approximate surface area is 345 Å². The van der Waals surface area contributed by atoms with E-state index in [0.29, 0.717) is 0 Å². The van der Waals surface area contributed by atoms with Crippen LogP contribution >= 0.6 is 22.7 Å². The summed E-state index contributed by atoms with van der Waals surface area (Å²) in [6.45, 7) is 0. The lowest BCUT2D eigenvalue weighted by molar-refractivity contribution is 0.770. The summed E-state index contributed by atoms with van der Waals surface area (Å²) in [7, 11) is 0. The molecule has 2 heterocycles. The number of hydrogen-bond acceptors (Lipinski definition) is 3. The molecule has 58 heavy (non-hydrogen) atoms. The standard InChI is InChI=1S/C55H35NS2/c1-3-15-36(16-4-1)37-17-13-20-40(33-37)56(50-27-14-24-45-44-23-9-12-28-51(44)58-54(45)50)41-30-32-53-47(35-41)46-34-39(29-31-52(46)57-53)55(38-18-5-2-6-19-38)48-25-10-7-21-42(48)43-22-8-11-26-49(43)55/h1-35H. The first kappa shape index (κ1) is 33.4. The predicted molar refractivity (Wildman–Crippen MR) is 250 cm³/mol. The Morgan fingerprint density at radius 1 is 0.345 bits per heavy atom. The van der Waals surface area contributed by atoms with E-state index in [1.54, 1.807) is 0 Å². The van der Waals surface area contributed by atoms with E-state index in [4.69, 9.17) is 0 Å². The summed E-state index contributed by atoms with van der Waals surface area (Å²) in [6, 6.07) is 78.8. The average Bonchev–Trinajstić information content (AvgIpc) is 3.96. The summed E-state index contributed by atoms with van der Waals surface area (Å²) in [6.07, 6.45) is 0. The molecule has 0 fully saturated rings. The van der Waals surface area contributed by atoms with Crippen molar-refractivity contribution in [3.8, 4) is 22.3 Å². The van der Waals surface area contributed by atoms with Crippen LogP contribution in [-0.2, 0) is 5.41 Å². The molecule has 0 N–H and O–H groups in total. The van der Waals surface area contributed by atoms with E-state index < -0.39 is 5.41 Å². The molecule has 1 aliphatic rings. The second-order valence-corrected chi connectivity index (χ2v) is 17.3. The van der Waals surface area contributed by atoms with Gasteiger partial charge in [-0.1, -0.05) is 158 Å². The molecule has 0 atom stereocenters. The third-order valence-corrected chi connectivity index (χ3v) is 14.5. The normalized spacial score (nSPS) is 13.0. The van der Waals surface area contributed by atoms with Crippen molar-refractivity contribution >= 4 is 80.1 Å². The quantitative estimate of drug-likeness (QED) is 0.163. The summed E-state index contributed by atoms with van der Waals surface area (Å²) < 4.78 is 5.17. The SMILES string of the molecule is c1ccc(-c2cccc(N(c3ccc4sc5ccc(C6(c7ccccc7)c7ccccc7-c7ccccc76)cc5c4c3)c3cccc4c3sc3ccccc34)c2)cc1. The van der Waals surface area contributed by atoms with Crippen LogP contribution in [0.1, 0.15) is 22.3 Å². The van der Waals surface area contributed by atoms with Crippen LogP contribution < -0.4 is 4.90 Å². The van der Waals surface area contributed by atoms with Gasteiger partial charge in [-0.15, -0.1) is 22.7 Å². The van der Waals surface area contributed by atoms with E-state index in [1.165, 1.54) is 90.5 Å². The van der Waals surface area contributed by atoms with Crippen molar-refractivity contribution in [3.63, 3.8) is 0 Å². The monoisotopic (exact) mass is 773 g/mol. The van der Waals surface area contributed by atoms with E-state index in [1.807, 2.05) is 22.7 Å². The van der Waals surface area contributed by atoms with Gasteiger partial charge in [0.2, 0.25) is 0 Å². The maximum absolute atomic E-state index is 2.50. The van der Waals surface area contributed by atoms with E-state index in [9.17, 15) is 0 Å². The van der Waals surface area contributed by atoms with Crippen LogP contribution in [0.25, 0.3) is 62.6 Å². The fourth-order valence-corrected chi connectivity index (χ4v) is 11.9. The van der Waals surface area contributed by atoms with E-state index in [-0.39, 0.29) is 0 Å². The Kier molecular flexibility index (Phi) is 7.56. The second kappa shape index (κ2) is 13.1. The maximum atomic E-state index is 2.50. The van der Waals surface area contributed by atoms with Crippen LogP contribution in [0.4, 0.5) is 17.1 Å². The van der Waals surface area contributed by atoms with Crippen molar-refractivity contribution in [2.75, 3.05) is 4.90 Å². The lowest BCUT2D eigenvalue weighted by Gasteiger charge is -2.34. The smallest absolute Gasteiger partial charge is 0.0713 e. The maximum Gasteiger partial charge on any atom is 0.0713 e. The number of rotatable bonds is 6. The fraction of sp³-hybridized carbons (Fsp3) is 0.0182. The summed E-state index contributed by atoms with van der Waals surface area (Å²) in [4.78, 5) is 2.48. The Balaban J connectivity index is 1.10. The highest BCUT2D eigenvalue weighted by Gasteiger charge is 2.46. The van der Waals surface area contributed by atoms with Crippen molar-refractivity contribution in [3.05, 3.63) is 235 Å². The summed E-state index contributed by atoms with van der Waals surface area (Å²) >= 11 is 3.76. The first-order chi connectivity index (χ1) is 28.8. The molecular formula is C55H35NS2. The summed E-state index contributed by atoms with van der Waals surface area (Å²) in [5.41, 5.74) is 13.3. The molecule has 1 nitrogen and oxygen atoms in total. The first-order valence-electron chi connectivity index (χ1n) is 19.8. The molecule has 9 aromatic carbocycles. The molecule has 0 amide bonds. The predicted octanol–water partition coefficient (Wildman–Crippen LogP) is 15.9. The van der Waals surface area contributed by atoms with Gasteiger partial charge >= 0.3 is 0 Å². The van der Waals surface area contributed by atoms with Crippen LogP contribution in [-0.4, -0.2) is 0 Å². The molecule has 0 radical (unpaired) electrons. The zero-order chi connectivity index (χ0) is 38.2. The number of thiophene rings is 2. The van der Waals surface area contributed by atoms with Crippen LogP contribution in [0, 0.1) is 0 Å². The molecule has 272 valence electrons. The van der Waals surface area contributed by atoms with Crippen molar-refractivity contribution in [2.45, 2.75) is 5.41 Å². The minimum absolute atomic E-state index is 0.449. The van der Waals surface area contributed by atoms with Gasteiger partial charge in [0.25, 0.3) is 0 Å². The van der Waals surface area contributed by atoms with Crippen molar-refractivity contribution in [1.82, 2.24) is 0 Å². The Morgan fingerprint density at radius 3 is 1.72 bits per heavy atom. The first-order valence-corrected chi connectivity index (χ1v) is 21.5. The third-order valence-electron chi connectivity index (χ3n) is 12.1. The largest absolute Gasteiger partial charge is 0.309 e. The van der Waals surface area contributed by atoms with Crippen LogP contribution in [0.3, 0.4) is 0 Å². The third kappa shape index (κ3) is 4.94. The number of fused-ring (bicyclic) bond motifs is 9. The van der Waals surface area contributed by atoms with Gasteiger partial charge < -0.3 is 4.90 Å². The minimum atomic E-state index is -0.449. The highest BCUT2D eigenvalue weighted by atomic mass is 32.1. The number of hydrogen-bond donors (Lipinski definition) is 0. The Hall–Kier alpha value is -6.78. The number of nitrogens with zero attached hydrogens (tertiary/aromatic N) is 1. The molecule has 2 aromatic heterocycles. The molecule has 0 saturated heterocycles. The second-order valence-electron chi connectivity index (χ2n) is 15.2. The topological polar surface area (TPSA) is 3.24 Å². The van der Waals surface area contributed by atoms with Gasteiger partial charge in [0.15, 0.2) is 0 Å². The van der Waals surface area contributed by atoms with Gasteiger partial charge in [-0.2, -0.15) is 0 Å². The average molecular weight is 774 g/mol. The lowest BCUT2D eigenvalue weighted by Crippen LogP contribution is -2.28. The highest BCUT2D eigenvalue weighted by Crippen LogP contribution is 2.57. The molecular weight excluding hydrogens is 739 g/mol. The lowest BCUT2D eigenvalue weighted by atomic mass is 9.67. The molecule has 12 rings (SSSR count). The van der Waals surface area contributed by atoms with Gasteiger partial charge in [-0.3, -0.25) is 0 Å². The van der Waals surface area contributed by atoms with Gasteiger partial charge in [0.05, 0.1) is 15.8 Å². The Morgan fingerprint density at radius 2 is 0.931 bits per heavy atom. The molecule has 0 bridgehead atoms. The van der Waals surface area contributed by atoms with Gasteiger partial charge in [-0.05, 0) is 99.1 Å². The molecule has 0 spiro atoms. The Bertz CT molecular complexity index is 3310. The molecule has 0 unspecified atom stereocenters. The molecule has 0 aliphatic heterocycles. The summed E-state index contributed by atoms with van der Waals surface area (Å²) in [5.74, 6) is 0. The molecule has 3 heteroatoms. The van der Waals surface area contributed by atoms with Crippen molar-refractivity contribution < 1.29 is 0 Å². The number of anilines is 3. The van der Waals surface area contributed by atoms with Crippen LogP contribution in [0.5, 0.6) is 0 Å². The number of benzene rings is 9. The van der Waals surface area contributed by atoms with Crippen molar-refractivity contribution in [1.29, 1.82) is 0 Å².